The van der Waals surface area contributed by atoms with Crippen LogP contribution in [0.4, 0.5) is 5.82 Å². The Kier molecular flexibility index (Phi) is 4.24. The minimum atomic E-state index is -1.13. The molecule has 0 saturated carbocycles. The number of rotatable bonds is 5. The average Bonchev–Trinajstić information content (AvgIpc) is 2.27. The van der Waals surface area contributed by atoms with E-state index in [0.29, 0.717) is 0 Å². The molecule has 0 radical (unpaired) electrons. The highest BCUT2D eigenvalue weighted by molar-refractivity contribution is 5.92. The highest BCUT2D eigenvalue weighted by Crippen LogP contribution is 2.09. The normalized spacial score (nSPS) is 11.5. The maximum Gasteiger partial charge on any atom is 0.341 e. The topological polar surface area (TPSA) is 95.3 Å². The van der Waals surface area contributed by atoms with Crippen LogP contribution in [0, 0.1) is 12.3 Å². The molecule has 0 amide bonds. The standard InChI is InChI=1S/C10H11N3O3/c1-2-3-7(14)4-12-9-8(10(15)16)5-11-6-13-9/h1,5-7,14H,3-4H2,(H,15,16)(H,11,12,13). The summed E-state index contributed by atoms with van der Waals surface area (Å²) in [7, 11) is 0. The summed E-state index contributed by atoms with van der Waals surface area (Å²) in [5, 5.41) is 20.9. The zero-order valence-corrected chi connectivity index (χ0v) is 8.42. The Morgan fingerprint density at radius 2 is 2.44 bits per heavy atom. The van der Waals surface area contributed by atoms with Crippen LogP contribution < -0.4 is 5.32 Å². The SMILES string of the molecule is C#CCC(O)CNc1ncncc1C(=O)O. The molecule has 0 spiro atoms. The van der Waals surface area contributed by atoms with E-state index in [-0.39, 0.29) is 24.3 Å². The van der Waals surface area contributed by atoms with Crippen LogP contribution in [0.2, 0.25) is 0 Å². The third kappa shape index (κ3) is 3.22. The lowest BCUT2D eigenvalue weighted by Crippen LogP contribution is -2.20. The number of hydrogen-bond acceptors (Lipinski definition) is 5. The predicted octanol–water partition coefficient (Wildman–Crippen LogP) is -0.0291. The molecule has 0 aliphatic carbocycles. The van der Waals surface area contributed by atoms with Crippen molar-refractivity contribution in [2.75, 3.05) is 11.9 Å². The molecule has 1 aromatic rings. The highest BCUT2D eigenvalue weighted by Gasteiger charge is 2.12. The minimum absolute atomic E-state index is 0.0459. The van der Waals surface area contributed by atoms with Gasteiger partial charge in [0.2, 0.25) is 0 Å². The molecule has 84 valence electrons. The van der Waals surface area contributed by atoms with Crippen molar-refractivity contribution in [3.8, 4) is 12.3 Å². The fraction of sp³-hybridized carbons (Fsp3) is 0.300. The van der Waals surface area contributed by atoms with Gasteiger partial charge in [-0.1, -0.05) is 0 Å². The van der Waals surface area contributed by atoms with E-state index in [1.807, 2.05) is 0 Å². The number of aliphatic hydroxyl groups excluding tert-OH is 1. The minimum Gasteiger partial charge on any atom is -0.477 e. The Hall–Kier alpha value is -2.13. The van der Waals surface area contributed by atoms with Crippen molar-refractivity contribution in [2.24, 2.45) is 0 Å². The summed E-state index contributed by atoms with van der Waals surface area (Å²) in [5.41, 5.74) is -0.0459. The summed E-state index contributed by atoms with van der Waals surface area (Å²) in [6, 6.07) is 0. The molecule has 1 unspecified atom stereocenters. The van der Waals surface area contributed by atoms with Crippen LogP contribution in [-0.4, -0.2) is 38.8 Å². The lowest BCUT2D eigenvalue weighted by atomic mass is 10.2. The van der Waals surface area contributed by atoms with Crippen LogP contribution in [0.15, 0.2) is 12.5 Å². The van der Waals surface area contributed by atoms with E-state index in [2.05, 4.69) is 21.2 Å². The largest absolute Gasteiger partial charge is 0.477 e. The molecular weight excluding hydrogens is 210 g/mol. The molecule has 1 aromatic heterocycles. The summed E-state index contributed by atoms with van der Waals surface area (Å²) < 4.78 is 0. The van der Waals surface area contributed by atoms with Gasteiger partial charge in [-0.2, -0.15) is 0 Å². The monoisotopic (exact) mass is 221 g/mol. The van der Waals surface area contributed by atoms with Crippen LogP contribution in [0.1, 0.15) is 16.8 Å². The van der Waals surface area contributed by atoms with Crippen LogP contribution >= 0.6 is 0 Å². The van der Waals surface area contributed by atoms with Crippen molar-refractivity contribution < 1.29 is 15.0 Å². The summed E-state index contributed by atoms with van der Waals surface area (Å²) >= 11 is 0. The first-order chi connectivity index (χ1) is 7.65. The number of carboxylic acids is 1. The van der Waals surface area contributed by atoms with E-state index < -0.39 is 12.1 Å². The second kappa shape index (κ2) is 5.68. The molecule has 1 heterocycles. The number of nitrogens with zero attached hydrogens (tertiary/aromatic N) is 2. The number of terminal acetylenes is 1. The number of aliphatic hydroxyl groups is 1. The van der Waals surface area contributed by atoms with Crippen molar-refractivity contribution in [3.63, 3.8) is 0 Å². The van der Waals surface area contributed by atoms with Gasteiger partial charge in [-0.25, -0.2) is 14.8 Å². The quantitative estimate of drug-likeness (QED) is 0.604. The number of hydrogen-bond donors (Lipinski definition) is 3. The molecule has 6 heteroatoms. The smallest absolute Gasteiger partial charge is 0.341 e. The molecular formula is C10H11N3O3. The van der Waals surface area contributed by atoms with E-state index in [9.17, 15) is 9.90 Å². The highest BCUT2D eigenvalue weighted by atomic mass is 16.4. The van der Waals surface area contributed by atoms with Crippen molar-refractivity contribution in [3.05, 3.63) is 18.1 Å². The van der Waals surface area contributed by atoms with Crippen LogP contribution in [0.25, 0.3) is 0 Å². The Bertz CT molecular complexity index is 414. The van der Waals surface area contributed by atoms with Gasteiger partial charge in [0.05, 0.1) is 6.10 Å². The molecule has 3 N–H and O–H groups in total. The van der Waals surface area contributed by atoms with Crippen LogP contribution in [-0.2, 0) is 0 Å². The van der Waals surface area contributed by atoms with Crippen LogP contribution in [0.5, 0.6) is 0 Å². The lowest BCUT2D eigenvalue weighted by Gasteiger charge is -2.10. The molecule has 1 rings (SSSR count). The van der Waals surface area contributed by atoms with Gasteiger partial charge < -0.3 is 15.5 Å². The third-order valence-corrected chi connectivity index (χ3v) is 1.80. The summed E-state index contributed by atoms with van der Waals surface area (Å²) in [5.74, 6) is 1.34. The van der Waals surface area contributed by atoms with Gasteiger partial charge in [0, 0.05) is 19.2 Å². The number of carbonyl (C=O) groups is 1. The van der Waals surface area contributed by atoms with E-state index >= 15 is 0 Å². The lowest BCUT2D eigenvalue weighted by molar-refractivity contribution is 0.0697. The second-order valence-corrected chi connectivity index (χ2v) is 3.03. The Morgan fingerprint density at radius 3 is 3.06 bits per heavy atom. The molecule has 0 aliphatic heterocycles. The predicted molar refractivity (Wildman–Crippen MR) is 56.9 cm³/mol. The van der Waals surface area contributed by atoms with Gasteiger partial charge in [0.25, 0.3) is 0 Å². The number of carboxylic acid groups (broad SMARTS) is 1. The second-order valence-electron chi connectivity index (χ2n) is 3.03. The van der Waals surface area contributed by atoms with Crippen molar-refractivity contribution in [1.82, 2.24) is 9.97 Å². The number of aromatic nitrogens is 2. The van der Waals surface area contributed by atoms with E-state index in [1.54, 1.807) is 0 Å². The Morgan fingerprint density at radius 1 is 1.69 bits per heavy atom. The van der Waals surface area contributed by atoms with E-state index in [1.165, 1.54) is 12.5 Å². The van der Waals surface area contributed by atoms with Gasteiger partial charge in [0.15, 0.2) is 0 Å². The summed E-state index contributed by atoms with van der Waals surface area (Å²) in [6.07, 6.45) is 6.89. The molecule has 16 heavy (non-hydrogen) atoms. The van der Waals surface area contributed by atoms with Gasteiger partial charge in [-0.15, -0.1) is 12.3 Å². The molecule has 0 aliphatic rings. The van der Waals surface area contributed by atoms with Crippen molar-refractivity contribution in [2.45, 2.75) is 12.5 Å². The van der Waals surface area contributed by atoms with Gasteiger partial charge in [0.1, 0.15) is 17.7 Å². The van der Waals surface area contributed by atoms with E-state index in [4.69, 9.17) is 11.5 Å². The van der Waals surface area contributed by atoms with Gasteiger partial charge in [-0.05, 0) is 0 Å². The first-order valence-electron chi connectivity index (χ1n) is 4.54. The van der Waals surface area contributed by atoms with E-state index in [0.717, 1.165) is 0 Å². The van der Waals surface area contributed by atoms with Crippen molar-refractivity contribution >= 4 is 11.8 Å². The van der Waals surface area contributed by atoms with Crippen LogP contribution in [0.3, 0.4) is 0 Å². The first-order valence-corrected chi connectivity index (χ1v) is 4.54. The summed E-state index contributed by atoms with van der Waals surface area (Å²) in [4.78, 5) is 18.1. The fourth-order valence-corrected chi connectivity index (χ4v) is 1.05. The zero-order chi connectivity index (χ0) is 12.0. The Balaban J connectivity index is 2.67. The van der Waals surface area contributed by atoms with Gasteiger partial charge >= 0.3 is 5.97 Å². The average molecular weight is 221 g/mol. The zero-order valence-electron chi connectivity index (χ0n) is 8.42. The molecule has 0 bridgehead atoms. The molecule has 0 aromatic carbocycles. The van der Waals surface area contributed by atoms with Crippen molar-refractivity contribution in [1.29, 1.82) is 0 Å². The number of aromatic carboxylic acids is 1. The molecule has 0 fully saturated rings. The number of anilines is 1. The maximum absolute atomic E-state index is 10.8. The molecule has 0 saturated heterocycles. The molecule has 6 nitrogen and oxygen atoms in total. The number of nitrogens with one attached hydrogen (secondary N) is 1. The Labute approximate surface area is 92.4 Å². The third-order valence-electron chi connectivity index (χ3n) is 1.80. The molecule has 1 atom stereocenters. The first kappa shape index (κ1) is 11.9. The maximum atomic E-state index is 10.8. The fourth-order valence-electron chi connectivity index (χ4n) is 1.05. The summed E-state index contributed by atoms with van der Waals surface area (Å²) in [6.45, 7) is 0.140. The van der Waals surface area contributed by atoms with Gasteiger partial charge in [-0.3, -0.25) is 0 Å².